The number of benzene rings is 1. The highest BCUT2D eigenvalue weighted by Gasteiger charge is 2.46. The molecule has 3 rings (SSSR count). The molecule has 2 heterocycles. The average Bonchev–Trinajstić information content (AvgIpc) is 3.49. The molecule has 10 atom stereocenters. The molecular formula is C26H42N2O11S2. The maximum absolute atomic E-state index is 12.4. The fourth-order valence-electron chi connectivity index (χ4n) is 4.55. The van der Waals surface area contributed by atoms with Crippen molar-refractivity contribution in [3.05, 3.63) is 24.3 Å². The van der Waals surface area contributed by atoms with Crippen LogP contribution in [-0.4, -0.2) is 133 Å². The molecule has 1 aromatic rings. The third-order valence-electron chi connectivity index (χ3n) is 7.01. The number of carbonyl (C=O) groups is 1. The van der Waals surface area contributed by atoms with E-state index >= 15 is 0 Å². The van der Waals surface area contributed by atoms with E-state index in [-0.39, 0.29) is 12.5 Å². The van der Waals surface area contributed by atoms with Crippen LogP contribution in [0.25, 0.3) is 0 Å². The molecular weight excluding hydrogens is 580 g/mol. The fraction of sp³-hybridized carbons (Fsp3) is 0.731. The Kier molecular flexibility index (Phi) is 14.4. The first kappa shape index (κ1) is 34.3. The van der Waals surface area contributed by atoms with Crippen LogP contribution in [-0.2, 0) is 14.3 Å². The van der Waals surface area contributed by atoms with Crippen molar-refractivity contribution < 1.29 is 55.1 Å². The third-order valence-corrected chi connectivity index (χ3v) is 10.0. The van der Waals surface area contributed by atoms with Crippen LogP contribution < -0.4 is 10.6 Å². The topological polar surface area (TPSA) is 221 Å². The van der Waals surface area contributed by atoms with Crippen LogP contribution in [0.5, 0.6) is 0 Å². The van der Waals surface area contributed by atoms with E-state index in [1.807, 2.05) is 21.6 Å². The highest BCUT2D eigenvalue weighted by molar-refractivity contribution is 8.77. The third kappa shape index (κ3) is 10.2. The molecule has 0 saturated carbocycles. The number of ether oxygens (including phenoxy) is 2. The molecule has 13 nitrogen and oxygen atoms in total. The van der Waals surface area contributed by atoms with Gasteiger partial charge in [0, 0.05) is 35.3 Å². The molecule has 0 bridgehead atoms. The van der Waals surface area contributed by atoms with Gasteiger partial charge in [0.1, 0.15) is 48.8 Å². The Bertz CT molecular complexity index is 927. The van der Waals surface area contributed by atoms with Crippen molar-refractivity contribution in [3.63, 3.8) is 0 Å². The van der Waals surface area contributed by atoms with Crippen LogP contribution in [0.15, 0.2) is 24.3 Å². The minimum Gasteiger partial charge on any atom is -0.394 e. The molecule has 2 fully saturated rings. The molecule has 10 N–H and O–H groups in total. The summed E-state index contributed by atoms with van der Waals surface area (Å²) in [6.07, 6.45) is -10.4. The zero-order chi connectivity index (χ0) is 29.9. The van der Waals surface area contributed by atoms with Crippen LogP contribution in [0.4, 0.5) is 11.4 Å². The molecule has 2 aliphatic heterocycles. The summed E-state index contributed by atoms with van der Waals surface area (Å²) in [7, 11) is 3.83. The number of hydrogen-bond donors (Lipinski definition) is 10. The van der Waals surface area contributed by atoms with E-state index in [2.05, 4.69) is 10.6 Å². The van der Waals surface area contributed by atoms with Crippen molar-refractivity contribution in [1.82, 2.24) is 0 Å². The Morgan fingerprint density at radius 2 is 1.80 bits per heavy atom. The van der Waals surface area contributed by atoms with Gasteiger partial charge in [0.15, 0.2) is 6.29 Å². The average molecular weight is 623 g/mol. The molecule has 0 spiro atoms. The molecule has 1 aromatic carbocycles. The SMILES string of the molecule is O=C(CCCCC1CCSS1)Nc1cccc(NC[C@H](O)[C@@H](O[C@H]2O[C@H](CO)[C@@H](O)[C@H](O)[C@H]2O)[C@H](O)[C@H](O)CO)c1. The number of carbonyl (C=O) groups excluding carboxylic acids is 1. The summed E-state index contributed by atoms with van der Waals surface area (Å²) in [5, 5.41) is 86.8. The number of hydrogen-bond acceptors (Lipinski definition) is 14. The largest absolute Gasteiger partial charge is 0.394 e. The van der Waals surface area contributed by atoms with Crippen molar-refractivity contribution in [2.24, 2.45) is 0 Å². The lowest BCUT2D eigenvalue weighted by Crippen LogP contribution is -2.61. The van der Waals surface area contributed by atoms with Crippen molar-refractivity contribution in [1.29, 1.82) is 0 Å². The van der Waals surface area contributed by atoms with Crippen molar-refractivity contribution in [2.45, 2.75) is 92.5 Å². The van der Waals surface area contributed by atoms with Gasteiger partial charge in [-0.25, -0.2) is 0 Å². The Labute approximate surface area is 246 Å². The van der Waals surface area contributed by atoms with Gasteiger partial charge >= 0.3 is 0 Å². The second-order valence-corrected chi connectivity index (χ2v) is 13.0. The van der Waals surface area contributed by atoms with Gasteiger partial charge in [0.2, 0.25) is 5.91 Å². The Hall–Kier alpha value is -1.21. The maximum Gasteiger partial charge on any atom is 0.224 e. The number of unbranched alkanes of at least 4 members (excludes halogenated alkanes) is 1. The fourth-order valence-corrected chi connectivity index (χ4v) is 7.58. The first-order chi connectivity index (χ1) is 19.6. The number of rotatable bonds is 16. The van der Waals surface area contributed by atoms with E-state index in [4.69, 9.17) is 9.47 Å². The molecule has 41 heavy (non-hydrogen) atoms. The zero-order valence-corrected chi connectivity index (χ0v) is 24.2. The van der Waals surface area contributed by atoms with Gasteiger partial charge in [-0.05, 0) is 37.5 Å². The van der Waals surface area contributed by atoms with E-state index in [0.29, 0.717) is 23.0 Å². The summed E-state index contributed by atoms with van der Waals surface area (Å²) in [5.41, 5.74) is 1.06. The quantitative estimate of drug-likeness (QED) is 0.0790. The summed E-state index contributed by atoms with van der Waals surface area (Å²) in [4.78, 5) is 12.4. The molecule has 0 aliphatic carbocycles. The van der Waals surface area contributed by atoms with E-state index in [1.165, 1.54) is 12.2 Å². The first-order valence-corrected chi connectivity index (χ1v) is 16.1. The van der Waals surface area contributed by atoms with Gasteiger partial charge in [-0.15, -0.1) is 0 Å². The number of amides is 1. The molecule has 2 saturated heterocycles. The minimum atomic E-state index is -1.85. The number of anilines is 2. The Balaban J connectivity index is 1.55. The lowest BCUT2D eigenvalue weighted by molar-refractivity contribution is -0.326. The zero-order valence-electron chi connectivity index (χ0n) is 22.6. The van der Waals surface area contributed by atoms with Gasteiger partial charge in [0.25, 0.3) is 0 Å². The molecule has 2 aliphatic rings. The number of nitrogens with one attached hydrogen (secondary N) is 2. The second-order valence-electron chi connectivity index (χ2n) is 10.2. The van der Waals surface area contributed by atoms with Gasteiger partial charge in [-0.3, -0.25) is 4.79 Å². The summed E-state index contributed by atoms with van der Waals surface area (Å²) < 4.78 is 10.8. The standard InChI is InChI=1S/C26H42N2O11S2/c29-12-18(32)21(34)25(39-26-24(37)23(36)22(35)19(13-30)38-26)17(31)11-27-14-4-3-5-15(10-14)28-20(33)7-2-1-6-16-8-9-40-41-16/h3-5,10,16-19,21-27,29-32,34-37H,1-2,6-9,11-13H2,(H,28,33)/t16?,17-,18+,19+,21+,22+,23-,24+,25+,26+/m0/s1. The highest BCUT2D eigenvalue weighted by atomic mass is 33.1. The molecule has 0 aromatic heterocycles. The first-order valence-electron chi connectivity index (χ1n) is 13.7. The van der Waals surface area contributed by atoms with Crippen LogP contribution in [0.3, 0.4) is 0 Å². The van der Waals surface area contributed by atoms with E-state index in [0.717, 1.165) is 19.3 Å². The number of aliphatic hydroxyl groups is 8. The van der Waals surface area contributed by atoms with E-state index in [9.17, 15) is 45.6 Å². The summed E-state index contributed by atoms with van der Waals surface area (Å²) in [5.74, 6) is 1.08. The lowest BCUT2D eigenvalue weighted by Gasteiger charge is -2.42. The smallest absolute Gasteiger partial charge is 0.224 e. The monoisotopic (exact) mass is 622 g/mol. The maximum atomic E-state index is 12.4. The second kappa shape index (κ2) is 17.2. The predicted molar refractivity (Wildman–Crippen MR) is 154 cm³/mol. The van der Waals surface area contributed by atoms with E-state index < -0.39 is 68.3 Å². The van der Waals surface area contributed by atoms with Crippen molar-refractivity contribution in [3.8, 4) is 0 Å². The van der Waals surface area contributed by atoms with Crippen LogP contribution in [0, 0.1) is 0 Å². The van der Waals surface area contributed by atoms with E-state index in [1.54, 1.807) is 24.3 Å². The Morgan fingerprint density at radius 3 is 2.49 bits per heavy atom. The highest BCUT2D eigenvalue weighted by Crippen LogP contribution is 2.40. The van der Waals surface area contributed by atoms with Crippen LogP contribution >= 0.6 is 21.6 Å². The van der Waals surface area contributed by atoms with Gasteiger partial charge in [0.05, 0.1) is 13.2 Å². The van der Waals surface area contributed by atoms with Crippen LogP contribution in [0.1, 0.15) is 32.1 Å². The summed E-state index contributed by atoms with van der Waals surface area (Å²) >= 11 is 0. The molecule has 15 heteroatoms. The Morgan fingerprint density at radius 1 is 1.05 bits per heavy atom. The summed E-state index contributed by atoms with van der Waals surface area (Å²) in [6, 6.07) is 6.76. The van der Waals surface area contributed by atoms with Crippen molar-refractivity contribution in [2.75, 3.05) is 36.1 Å². The molecule has 1 unspecified atom stereocenters. The number of aliphatic hydroxyl groups excluding tert-OH is 8. The molecule has 234 valence electrons. The summed E-state index contributed by atoms with van der Waals surface area (Å²) in [6.45, 7) is -1.82. The van der Waals surface area contributed by atoms with Crippen LogP contribution in [0.2, 0.25) is 0 Å². The minimum absolute atomic E-state index is 0.107. The van der Waals surface area contributed by atoms with Gasteiger partial charge in [-0.1, -0.05) is 34.1 Å². The molecule has 0 radical (unpaired) electrons. The van der Waals surface area contributed by atoms with Crippen molar-refractivity contribution >= 4 is 38.9 Å². The van der Waals surface area contributed by atoms with Gasteiger partial charge in [-0.2, -0.15) is 0 Å². The molecule has 1 amide bonds. The van der Waals surface area contributed by atoms with Gasteiger partial charge < -0.3 is 61.0 Å². The normalized spacial score (nSPS) is 29.5. The predicted octanol–water partition coefficient (Wildman–Crippen LogP) is -0.989. The lowest BCUT2D eigenvalue weighted by atomic mass is 9.98.